The lowest BCUT2D eigenvalue weighted by Gasteiger charge is -2.25. The van der Waals surface area contributed by atoms with E-state index in [9.17, 15) is 0 Å². The molecule has 0 fully saturated rings. The van der Waals surface area contributed by atoms with Crippen molar-refractivity contribution in [1.29, 1.82) is 0 Å². The number of hydrogen-bond acceptors (Lipinski definition) is 1. The lowest BCUT2D eigenvalue weighted by molar-refractivity contribution is 0.402. The zero-order valence-corrected chi connectivity index (χ0v) is 12.7. The van der Waals surface area contributed by atoms with Gasteiger partial charge < -0.3 is 5.32 Å². The Morgan fingerprint density at radius 1 is 0.750 bits per heavy atom. The Balaban J connectivity index is 2.00. The molecule has 0 heterocycles. The fourth-order valence-electron chi connectivity index (χ4n) is 2.60. The lowest BCUT2D eigenvalue weighted by Crippen LogP contribution is -2.29. The van der Waals surface area contributed by atoms with E-state index < -0.39 is 0 Å². The van der Waals surface area contributed by atoms with Crippen LogP contribution in [0.25, 0.3) is 0 Å². The van der Waals surface area contributed by atoms with Crippen molar-refractivity contribution in [3.63, 3.8) is 0 Å². The number of benzene rings is 2. The van der Waals surface area contributed by atoms with E-state index in [0.717, 1.165) is 6.54 Å². The van der Waals surface area contributed by atoms with Crippen molar-refractivity contribution in [2.75, 3.05) is 6.54 Å². The van der Waals surface area contributed by atoms with Crippen LogP contribution in [0.1, 0.15) is 43.9 Å². The molecule has 0 aliphatic heterocycles. The van der Waals surface area contributed by atoms with E-state index in [2.05, 4.69) is 86.8 Å². The van der Waals surface area contributed by atoms with Crippen molar-refractivity contribution < 1.29 is 0 Å². The summed E-state index contributed by atoms with van der Waals surface area (Å²) in [5.41, 5.74) is 2.78. The molecule has 1 nitrogen and oxygen atoms in total. The Morgan fingerprint density at radius 3 is 1.75 bits per heavy atom. The third kappa shape index (κ3) is 3.94. The van der Waals surface area contributed by atoms with Gasteiger partial charge in [-0.25, -0.2) is 0 Å². The molecule has 2 aromatic rings. The topological polar surface area (TPSA) is 12.0 Å². The summed E-state index contributed by atoms with van der Waals surface area (Å²) in [6, 6.07) is 21.9. The van der Waals surface area contributed by atoms with Gasteiger partial charge in [-0.2, -0.15) is 0 Å². The monoisotopic (exact) mass is 267 g/mol. The van der Waals surface area contributed by atoms with Gasteiger partial charge in [0, 0.05) is 12.6 Å². The molecular weight excluding hydrogens is 242 g/mol. The van der Waals surface area contributed by atoms with Crippen LogP contribution in [0.2, 0.25) is 0 Å². The molecule has 2 rings (SSSR count). The van der Waals surface area contributed by atoms with Crippen molar-refractivity contribution in [1.82, 2.24) is 5.32 Å². The fraction of sp³-hybridized carbons (Fsp3) is 0.368. The second kappa shape index (κ2) is 7.25. The highest BCUT2D eigenvalue weighted by molar-refractivity contribution is 5.21. The molecule has 0 aliphatic carbocycles. The number of hydrogen-bond donors (Lipinski definition) is 1. The van der Waals surface area contributed by atoms with E-state index in [-0.39, 0.29) is 0 Å². The minimum absolute atomic E-state index is 0.419. The summed E-state index contributed by atoms with van der Waals surface area (Å²) in [7, 11) is 0. The highest BCUT2D eigenvalue weighted by Crippen LogP contribution is 2.23. The maximum absolute atomic E-state index is 3.73. The van der Waals surface area contributed by atoms with Gasteiger partial charge in [0.25, 0.3) is 0 Å². The van der Waals surface area contributed by atoms with Crippen molar-refractivity contribution in [3.05, 3.63) is 71.8 Å². The van der Waals surface area contributed by atoms with Crippen LogP contribution in [0, 0.1) is 5.92 Å². The van der Waals surface area contributed by atoms with Gasteiger partial charge in [-0.15, -0.1) is 0 Å². The molecule has 2 unspecified atom stereocenters. The predicted octanol–water partition coefficient (Wildman–Crippen LogP) is 4.78. The van der Waals surface area contributed by atoms with Crippen molar-refractivity contribution >= 4 is 0 Å². The second-order valence-electron chi connectivity index (χ2n) is 5.85. The quantitative estimate of drug-likeness (QED) is 0.794. The molecule has 2 aromatic carbocycles. The van der Waals surface area contributed by atoms with Gasteiger partial charge >= 0.3 is 0 Å². The summed E-state index contributed by atoms with van der Waals surface area (Å²) in [4.78, 5) is 0. The van der Waals surface area contributed by atoms with Crippen molar-refractivity contribution in [2.24, 2.45) is 5.92 Å². The van der Waals surface area contributed by atoms with E-state index in [0.29, 0.717) is 17.9 Å². The van der Waals surface area contributed by atoms with Gasteiger partial charge in [0.1, 0.15) is 0 Å². The summed E-state index contributed by atoms with van der Waals surface area (Å²) < 4.78 is 0. The van der Waals surface area contributed by atoms with Crippen LogP contribution in [0.3, 0.4) is 0 Å². The van der Waals surface area contributed by atoms with Gasteiger partial charge in [0.15, 0.2) is 0 Å². The van der Waals surface area contributed by atoms with E-state index >= 15 is 0 Å². The average Bonchev–Trinajstić information content (AvgIpc) is 2.49. The molecule has 0 aliphatic rings. The van der Waals surface area contributed by atoms with Crippen molar-refractivity contribution in [2.45, 2.75) is 32.7 Å². The summed E-state index contributed by atoms with van der Waals surface area (Å²) in [6.07, 6.45) is 0. The molecule has 0 radical (unpaired) electrons. The highest BCUT2D eigenvalue weighted by Gasteiger charge is 2.16. The van der Waals surface area contributed by atoms with Crippen LogP contribution in [-0.2, 0) is 0 Å². The van der Waals surface area contributed by atoms with Crippen LogP contribution in [0.5, 0.6) is 0 Å². The molecule has 2 atom stereocenters. The predicted molar refractivity (Wildman–Crippen MR) is 86.9 cm³/mol. The zero-order chi connectivity index (χ0) is 14.4. The molecule has 1 N–H and O–H groups in total. The molecule has 0 saturated carbocycles. The molecule has 20 heavy (non-hydrogen) atoms. The van der Waals surface area contributed by atoms with Crippen LogP contribution < -0.4 is 5.32 Å². The molecule has 0 amide bonds. The Labute approximate surface area is 123 Å². The van der Waals surface area contributed by atoms with Gasteiger partial charge in [0.2, 0.25) is 0 Å². The van der Waals surface area contributed by atoms with E-state index in [1.54, 1.807) is 0 Å². The molecule has 0 saturated heterocycles. The molecule has 0 bridgehead atoms. The first kappa shape index (κ1) is 14.8. The minimum atomic E-state index is 0.419. The van der Waals surface area contributed by atoms with Crippen LogP contribution in [-0.4, -0.2) is 6.54 Å². The minimum Gasteiger partial charge on any atom is -0.309 e. The molecule has 1 heteroatoms. The lowest BCUT2D eigenvalue weighted by atomic mass is 9.94. The van der Waals surface area contributed by atoms with Gasteiger partial charge in [-0.3, -0.25) is 0 Å². The van der Waals surface area contributed by atoms with Crippen LogP contribution in [0.4, 0.5) is 0 Å². The standard InChI is InChI=1S/C19H25N/c1-15(2)19(18-12-8-5-9-13-18)20-14-16(3)17-10-6-4-7-11-17/h4-13,15-16,19-20H,14H2,1-3H3. The molecular formula is C19H25N. The summed E-state index contributed by atoms with van der Waals surface area (Å²) in [5.74, 6) is 1.11. The first-order valence-electron chi connectivity index (χ1n) is 7.51. The van der Waals surface area contributed by atoms with Gasteiger partial charge in [-0.1, -0.05) is 81.4 Å². The summed E-state index contributed by atoms with van der Waals surface area (Å²) >= 11 is 0. The van der Waals surface area contributed by atoms with Gasteiger partial charge in [0.05, 0.1) is 0 Å². The fourth-order valence-corrected chi connectivity index (χ4v) is 2.60. The highest BCUT2D eigenvalue weighted by atomic mass is 14.9. The Bertz CT molecular complexity index is 490. The molecule has 0 spiro atoms. The zero-order valence-electron chi connectivity index (χ0n) is 12.7. The summed E-state index contributed by atoms with van der Waals surface area (Å²) in [5, 5.41) is 3.73. The number of nitrogens with one attached hydrogen (secondary N) is 1. The Hall–Kier alpha value is -1.60. The number of rotatable bonds is 6. The van der Waals surface area contributed by atoms with Crippen molar-refractivity contribution in [3.8, 4) is 0 Å². The first-order chi connectivity index (χ1) is 9.68. The van der Waals surface area contributed by atoms with Crippen LogP contribution in [0.15, 0.2) is 60.7 Å². The maximum atomic E-state index is 3.73. The van der Waals surface area contributed by atoms with E-state index in [1.807, 2.05) is 0 Å². The SMILES string of the molecule is CC(CNC(c1ccccc1)C(C)C)c1ccccc1. The Kier molecular flexibility index (Phi) is 5.37. The van der Waals surface area contributed by atoms with E-state index in [4.69, 9.17) is 0 Å². The second-order valence-corrected chi connectivity index (χ2v) is 5.85. The summed E-state index contributed by atoms with van der Waals surface area (Å²) in [6.45, 7) is 7.84. The maximum Gasteiger partial charge on any atom is 0.0343 e. The Morgan fingerprint density at radius 2 is 1.25 bits per heavy atom. The first-order valence-corrected chi connectivity index (χ1v) is 7.51. The normalized spacial score (nSPS) is 14.2. The largest absolute Gasteiger partial charge is 0.309 e. The third-order valence-electron chi connectivity index (χ3n) is 3.84. The van der Waals surface area contributed by atoms with Crippen LogP contribution >= 0.6 is 0 Å². The molecule has 0 aromatic heterocycles. The van der Waals surface area contributed by atoms with Gasteiger partial charge in [-0.05, 0) is 23.0 Å². The third-order valence-corrected chi connectivity index (χ3v) is 3.84. The van der Waals surface area contributed by atoms with E-state index in [1.165, 1.54) is 11.1 Å². The smallest absolute Gasteiger partial charge is 0.0343 e. The molecule has 106 valence electrons. The average molecular weight is 267 g/mol.